The monoisotopic (exact) mass is 434 g/mol. The summed E-state index contributed by atoms with van der Waals surface area (Å²) in [5, 5.41) is 20.0. The Morgan fingerprint density at radius 3 is 2.48 bits per heavy atom. The molecule has 1 aliphatic rings. The van der Waals surface area contributed by atoms with Gasteiger partial charge in [0, 0.05) is 13.0 Å². The smallest absolute Gasteiger partial charge is 0.186 e. The van der Waals surface area contributed by atoms with Crippen molar-refractivity contribution < 1.29 is 14.9 Å². The molecule has 3 heteroatoms. The van der Waals surface area contributed by atoms with Gasteiger partial charge in [0.15, 0.2) is 5.79 Å². The fourth-order valence-electron chi connectivity index (χ4n) is 4.38. The maximum absolute atomic E-state index is 10.0. The Balaban J connectivity index is 2.20. The Labute approximate surface area is 192 Å². The summed E-state index contributed by atoms with van der Waals surface area (Å²) < 4.78 is 5.40. The highest BCUT2D eigenvalue weighted by Crippen LogP contribution is 2.31. The maximum Gasteiger partial charge on any atom is 0.186 e. The van der Waals surface area contributed by atoms with Crippen molar-refractivity contribution in [3.05, 3.63) is 36.5 Å². The largest absolute Gasteiger partial charge is 0.376 e. The molecule has 3 nitrogen and oxygen atoms in total. The van der Waals surface area contributed by atoms with Crippen LogP contribution in [0.15, 0.2) is 36.5 Å². The van der Waals surface area contributed by atoms with E-state index in [1.165, 1.54) is 25.7 Å². The van der Waals surface area contributed by atoms with Crippen LogP contribution in [0, 0.1) is 17.3 Å². The van der Waals surface area contributed by atoms with E-state index >= 15 is 0 Å². The summed E-state index contributed by atoms with van der Waals surface area (Å²) in [6.07, 6.45) is 26.5. The van der Waals surface area contributed by atoms with Crippen LogP contribution in [0.1, 0.15) is 105 Å². The number of ether oxygens (including phenoxy) is 1. The minimum Gasteiger partial charge on any atom is -0.376 e. The Kier molecular flexibility index (Phi) is 14.4. The number of hydrogen-bond acceptors (Lipinski definition) is 3. The normalized spacial score (nSPS) is 19.9. The third-order valence-electron chi connectivity index (χ3n) is 6.39. The van der Waals surface area contributed by atoms with Crippen molar-refractivity contribution in [3.63, 3.8) is 0 Å². The highest BCUT2D eigenvalue weighted by atomic mass is 16.6. The van der Waals surface area contributed by atoms with E-state index in [4.69, 9.17) is 4.74 Å². The van der Waals surface area contributed by atoms with Crippen LogP contribution in [0.2, 0.25) is 0 Å². The van der Waals surface area contributed by atoms with Crippen LogP contribution in [-0.4, -0.2) is 29.2 Å². The molecule has 0 aromatic rings. The van der Waals surface area contributed by atoms with Crippen molar-refractivity contribution in [1.82, 2.24) is 0 Å². The minimum atomic E-state index is -1.70. The average molecular weight is 435 g/mol. The second-order valence-electron chi connectivity index (χ2n) is 10.2. The van der Waals surface area contributed by atoms with Gasteiger partial charge in [-0.05, 0) is 68.6 Å². The van der Waals surface area contributed by atoms with Crippen molar-refractivity contribution in [3.8, 4) is 0 Å². The third-order valence-corrected chi connectivity index (χ3v) is 6.39. The first kappa shape index (κ1) is 28.1. The van der Waals surface area contributed by atoms with E-state index in [2.05, 4.69) is 64.2 Å². The van der Waals surface area contributed by atoms with Gasteiger partial charge >= 0.3 is 0 Å². The van der Waals surface area contributed by atoms with Crippen molar-refractivity contribution >= 4 is 0 Å². The van der Waals surface area contributed by atoms with Crippen LogP contribution < -0.4 is 0 Å². The summed E-state index contributed by atoms with van der Waals surface area (Å²) in [6.45, 7) is 9.80. The van der Waals surface area contributed by atoms with Gasteiger partial charge in [0.05, 0.1) is 0 Å². The quantitative estimate of drug-likeness (QED) is 0.135. The molecule has 2 atom stereocenters. The van der Waals surface area contributed by atoms with Crippen LogP contribution in [0.5, 0.6) is 0 Å². The van der Waals surface area contributed by atoms with Gasteiger partial charge in [-0.15, -0.1) is 0 Å². The number of aliphatic hydroxyl groups is 2. The maximum atomic E-state index is 10.0. The molecule has 0 aromatic heterocycles. The van der Waals surface area contributed by atoms with Gasteiger partial charge in [-0.2, -0.15) is 0 Å². The van der Waals surface area contributed by atoms with Crippen molar-refractivity contribution in [2.24, 2.45) is 17.3 Å². The molecule has 0 saturated heterocycles. The molecule has 0 radical (unpaired) electrons. The Bertz CT molecular complexity index is 530. The summed E-state index contributed by atoms with van der Waals surface area (Å²) in [6, 6.07) is 0. The molecular formula is C28H50O3. The van der Waals surface area contributed by atoms with Crippen molar-refractivity contribution in [2.45, 2.75) is 111 Å². The zero-order valence-corrected chi connectivity index (χ0v) is 20.8. The Hall–Kier alpha value is -0.900. The lowest BCUT2D eigenvalue weighted by Crippen LogP contribution is -2.34. The predicted molar refractivity (Wildman–Crippen MR) is 133 cm³/mol. The van der Waals surface area contributed by atoms with Gasteiger partial charge in [0.25, 0.3) is 0 Å². The fourth-order valence-corrected chi connectivity index (χ4v) is 4.38. The van der Waals surface area contributed by atoms with E-state index in [1.54, 1.807) is 0 Å². The third kappa shape index (κ3) is 14.0. The highest BCUT2D eigenvalue weighted by molar-refractivity contribution is 5.11. The van der Waals surface area contributed by atoms with Gasteiger partial charge < -0.3 is 14.9 Å². The number of unbranched alkanes of at least 4 members (excludes halogenated alkanes) is 3. The molecule has 0 unspecified atom stereocenters. The summed E-state index contributed by atoms with van der Waals surface area (Å²) in [5.41, 5.74) is 0.453. The molecule has 31 heavy (non-hydrogen) atoms. The average Bonchev–Trinajstić information content (AvgIpc) is 3.15. The molecular weight excluding hydrogens is 384 g/mol. The van der Waals surface area contributed by atoms with E-state index in [0.29, 0.717) is 30.3 Å². The minimum absolute atomic E-state index is 0.0117. The van der Waals surface area contributed by atoms with Gasteiger partial charge in [-0.25, -0.2) is 0 Å². The van der Waals surface area contributed by atoms with E-state index in [0.717, 1.165) is 44.9 Å². The zero-order valence-electron chi connectivity index (χ0n) is 20.8. The molecule has 2 N–H and O–H groups in total. The molecule has 0 spiro atoms. The Morgan fingerprint density at radius 1 is 0.935 bits per heavy atom. The van der Waals surface area contributed by atoms with Gasteiger partial charge in [-0.3, -0.25) is 0 Å². The molecule has 1 rings (SSSR count). The van der Waals surface area contributed by atoms with Crippen LogP contribution in [0.3, 0.4) is 0 Å². The van der Waals surface area contributed by atoms with Crippen LogP contribution in [0.4, 0.5) is 0 Å². The van der Waals surface area contributed by atoms with Gasteiger partial charge in [0.1, 0.15) is 6.61 Å². The van der Waals surface area contributed by atoms with E-state index in [9.17, 15) is 10.2 Å². The van der Waals surface area contributed by atoms with Gasteiger partial charge in [0.2, 0.25) is 0 Å². The van der Waals surface area contributed by atoms with Crippen LogP contribution in [0.25, 0.3) is 0 Å². The summed E-state index contributed by atoms with van der Waals surface area (Å²) in [5.74, 6) is -0.467. The van der Waals surface area contributed by atoms with E-state index in [-0.39, 0.29) is 6.61 Å². The SMILES string of the molecule is CCCCCOCC(O)(O)CCCC=CC[C@H]1CC=C[C@@H]1C=CCCC(C)(C)CCC. The van der Waals surface area contributed by atoms with Gasteiger partial charge in [-0.1, -0.05) is 83.4 Å². The first-order valence-electron chi connectivity index (χ1n) is 12.8. The van der Waals surface area contributed by atoms with Crippen LogP contribution in [-0.2, 0) is 4.74 Å². The molecule has 180 valence electrons. The first-order chi connectivity index (χ1) is 14.8. The lowest BCUT2D eigenvalue weighted by atomic mass is 9.83. The molecule has 0 fully saturated rings. The number of hydrogen-bond donors (Lipinski definition) is 2. The second kappa shape index (κ2) is 15.8. The van der Waals surface area contributed by atoms with E-state index in [1.807, 2.05) is 0 Å². The zero-order chi connectivity index (χ0) is 23.0. The van der Waals surface area contributed by atoms with Crippen LogP contribution >= 0.6 is 0 Å². The summed E-state index contributed by atoms with van der Waals surface area (Å²) in [7, 11) is 0. The molecule has 0 heterocycles. The number of allylic oxidation sites excluding steroid dienone is 6. The fraction of sp³-hybridized carbons (Fsp3) is 0.786. The highest BCUT2D eigenvalue weighted by Gasteiger charge is 2.22. The molecule has 0 saturated carbocycles. The molecule has 1 aliphatic carbocycles. The van der Waals surface area contributed by atoms with Crippen molar-refractivity contribution in [1.29, 1.82) is 0 Å². The Morgan fingerprint density at radius 2 is 1.74 bits per heavy atom. The number of rotatable bonds is 18. The molecule has 0 bridgehead atoms. The standard InChI is InChI=1S/C28H50O3/c1-5-7-14-23-31-24-28(29,30)22-12-9-8-10-16-25-18-15-19-26(25)17-11-13-21-27(3,4)20-6-2/h8,10-11,15,17,19,25-26,29-30H,5-7,9,12-14,16,18,20-24H2,1-4H3/t25-,26-/m0/s1. The van der Waals surface area contributed by atoms with Crippen molar-refractivity contribution in [2.75, 3.05) is 13.2 Å². The summed E-state index contributed by atoms with van der Waals surface area (Å²) >= 11 is 0. The predicted octanol–water partition coefficient (Wildman–Crippen LogP) is 7.35. The molecule has 0 amide bonds. The summed E-state index contributed by atoms with van der Waals surface area (Å²) in [4.78, 5) is 0. The molecule has 0 aliphatic heterocycles. The first-order valence-corrected chi connectivity index (χ1v) is 12.8. The second-order valence-corrected chi connectivity index (χ2v) is 10.2. The van der Waals surface area contributed by atoms with E-state index < -0.39 is 5.79 Å². The lowest BCUT2D eigenvalue weighted by molar-refractivity contribution is -0.202. The molecule has 0 aromatic carbocycles. The lowest BCUT2D eigenvalue weighted by Gasteiger charge is -2.23. The topological polar surface area (TPSA) is 49.7 Å².